The second-order valence-corrected chi connectivity index (χ2v) is 4.68. The zero-order chi connectivity index (χ0) is 12.4. The number of nitrogens with zero attached hydrogens (tertiary/aromatic N) is 1. The van der Waals surface area contributed by atoms with Gasteiger partial charge in [-0.2, -0.15) is 0 Å². The number of thiazole rings is 1. The van der Waals surface area contributed by atoms with E-state index in [0.717, 1.165) is 22.2 Å². The molecule has 0 bridgehead atoms. The van der Waals surface area contributed by atoms with Gasteiger partial charge in [0, 0.05) is 18.0 Å². The summed E-state index contributed by atoms with van der Waals surface area (Å²) in [6, 6.07) is 5.51. The van der Waals surface area contributed by atoms with E-state index in [0.29, 0.717) is 18.9 Å². The molecule has 1 aliphatic rings. The molecule has 2 N–H and O–H groups in total. The topological polar surface area (TPSA) is 66.6 Å². The Labute approximate surface area is 108 Å². The maximum absolute atomic E-state index is 5.65. The van der Waals surface area contributed by atoms with E-state index in [9.17, 15) is 0 Å². The van der Waals surface area contributed by atoms with E-state index in [1.807, 2.05) is 23.6 Å². The molecule has 3 rings (SSSR count). The fourth-order valence-electron chi connectivity index (χ4n) is 1.62. The fraction of sp³-hybridized carbons (Fsp3) is 0.250. The van der Waals surface area contributed by atoms with Gasteiger partial charge in [0.2, 0.25) is 6.79 Å². The van der Waals surface area contributed by atoms with Gasteiger partial charge >= 0.3 is 0 Å². The van der Waals surface area contributed by atoms with Crippen LogP contribution in [0.1, 0.15) is 10.7 Å². The molecule has 2 aromatic rings. The lowest BCUT2D eigenvalue weighted by Gasteiger charge is -2.04. The molecule has 0 fully saturated rings. The van der Waals surface area contributed by atoms with E-state index >= 15 is 0 Å². The average Bonchev–Trinajstić information content (AvgIpc) is 3.04. The molecule has 0 atom stereocenters. The fourth-order valence-corrected chi connectivity index (χ4v) is 2.34. The highest BCUT2D eigenvalue weighted by Crippen LogP contribution is 2.35. The molecular formula is C12H12N2O3S. The molecule has 5 nitrogen and oxygen atoms in total. The average molecular weight is 264 g/mol. The summed E-state index contributed by atoms with van der Waals surface area (Å²) < 4.78 is 16.2. The van der Waals surface area contributed by atoms with E-state index in [1.54, 1.807) is 11.3 Å². The third kappa shape index (κ3) is 2.25. The van der Waals surface area contributed by atoms with Crippen LogP contribution >= 0.6 is 11.3 Å². The second kappa shape index (κ2) is 4.83. The summed E-state index contributed by atoms with van der Waals surface area (Å²) in [5.74, 6) is 2.21. The maximum atomic E-state index is 5.65. The third-order valence-electron chi connectivity index (χ3n) is 2.51. The number of aromatic nitrogens is 1. The van der Waals surface area contributed by atoms with Crippen LogP contribution in [0.5, 0.6) is 17.2 Å². The van der Waals surface area contributed by atoms with E-state index in [1.165, 1.54) is 0 Å². The third-order valence-corrected chi connectivity index (χ3v) is 3.39. The van der Waals surface area contributed by atoms with Crippen molar-refractivity contribution in [1.29, 1.82) is 0 Å². The molecule has 0 aliphatic carbocycles. The number of hydrogen-bond acceptors (Lipinski definition) is 6. The summed E-state index contributed by atoms with van der Waals surface area (Å²) >= 11 is 1.55. The summed E-state index contributed by atoms with van der Waals surface area (Å²) in [6.07, 6.45) is 0. The van der Waals surface area contributed by atoms with Crippen LogP contribution in [-0.4, -0.2) is 11.8 Å². The van der Waals surface area contributed by atoms with Crippen molar-refractivity contribution in [2.24, 2.45) is 5.73 Å². The Hall–Kier alpha value is -1.79. The predicted octanol–water partition coefficient (Wildman–Crippen LogP) is 1.91. The molecule has 1 aliphatic heterocycles. The van der Waals surface area contributed by atoms with E-state index in [4.69, 9.17) is 19.9 Å². The Bertz CT molecular complexity index is 556. The first-order valence-corrected chi connectivity index (χ1v) is 6.39. The zero-order valence-electron chi connectivity index (χ0n) is 9.59. The van der Waals surface area contributed by atoms with E-state index in [2.05, 4.69) is 4.98 Å². The number of ether oxygens (including phenoxy) is 3. The Morgan fingerprint density at radius 2 is 2.22 bits per heavy atom. The van der Waals surface area contributed by atoms with Gasteiger partial charge in [0.05, 0.1) is 5.69 Å². The number of nitrogens with two attached hydrogens (primary N) is 1. The van der Waals surface area contributed by atoms with E-state index < -0.39 is 0 Å². The Morgan fingerprint density at radius 3 is 3.06 bits per heavy atom. The molecule has 1 aromatic carbocycles. The van der Waals surface area contributed by atoms with Crippen molar-refractivity contribution in [3.8, 4) is 17.2 Å². The van der Waals surface area contributed by atoms with Crippen LogP contribution in [0.25, 0.3) is 0 Å². The van der Waals surface area contributed by atoms with Crippen molar-refractivity contribution >= 4 is 11.3 Å². The Kier molecular flexibility index (Phi) is 3.04. The Morgan fingerprint density at radius 1 is 1.33 bits per heavy atom. The van der Waals surface area contributed by atoms with Crippen LogP contribution in [-0.2, 0) is 13.2 Å². The van der Waals surface area contributed by atoms with Gasteiger partial charge in [0.25, 0.3) is 0 Å². The van der Waals surface area contributed by atoms with Crippen LogP contribution in [0.15, 0.2) is 23.6 Å². The Balaban J connectivity index is 1.66. The van der Waals surface area contributed by atoms with Crippen LogP contribution in [0.4, 0.5) is 0 Å². The molecule has 94 valence electrons. The van der Waals surface area contributed by atoms with Gasteiger partial charge in [-0.1, -0.05) is 0 Å². The maximum Gasteiger partial charge on any atom is 0.231 e. The first-order valence-electron chi connectivity index (χ1n) is 5.51. The van der Waals surface area contributed by atoms with Gasteiger partial charge in [-0.25, -0.2) is 4.98 Å². The first-order chi connectivity index (χ1) is 8.85. The lowest BCUT2D eigenvalue weighted by Crippen LogP contribution is -1.98. The molecule has 18 heavy (non-hydrogen) atoms. The van der Waals surface area contributed by atoms with Crippen molar-refractivity contribution in [2.45, 2.75) is 13.2 Å². The lowest BCUT2D eigenvalue weighted by atomic mass is 10.3. The van der Waals surface area contributed by atoms with Gasteiger partial charge in [-0.3, -0.25) is 0 Å². The number of benzene rings is 1. The van der Waals surface area contributed by atoms with Crippen LogP contribution < -0.4 is 19.9 Å². The predicted molar refractivity (Wildman–Crippen MR) is 66.9 cm³/mol. The minimum Gasteiger partial charge on any atom is -0.486 e. The quantitative estimate of drug-likeness (QED) is 0.913. The minimum absolute atomic E-state index is 0.269. The molecule has 2 heterocycles. The molecule has 0 unspecified atom stereocenters. The normalized spacial score (nSPS) is 12.7. The molecular weight excluding hydrogens is 252 g/mol. The van der Waals surface area contributed by atoms with Crippen molar-refractivity contribution < 1.29 is 14.2 Å². The highest BCUT2D eigenvalue weighted by atomic mass is 32.1. The molecule has 6 heteroatoms. The first kappa shape index (κ1) is 11.3. The zero-order valence-corrected chi connectivity index (χ0v) is 10.4. The minimum atomic E-state index is 0.269. The monoisotopic (exact) mass is 264 g/mol. The summed E-state index contributed by atoms with van der Waals surface area (Å²) in [5, 5.41) is 2.85. The molecule has 0 saturated heterocycles. The van der Waals surface area contributed by atoms with Gasteiger partial charge in [-0.05, 0) is 12.1 Å². The summed E-state index contributed by atoms with van der Waals surface area (Å²) in [5.41, 5.74) is 6.40. The summed E-state index contributed by atoms with van der Waals surface area (Å²) in [6.45, 7) is 1.16. The highest BCUT2D eigenvalue weighted by Gasteiger charge is 2.13. The summed E-state index contributed by atoms with van der Waals surface area (Å²) in [4.78, 5) is 4.33. The number of fused-ring (bicyclic) bond motifs is 1. The van der Waals surface area contributed by atoms with Gasteiger partial charge in [0.15, 0.2) is 11.5 Å². The van der Waals surface area contributed by atoms with Crippen LogP contribution in [0.3, 0.4) is 0 Å². The number of rotatable bonds is 4. The van der Waals surface area contributed by atoms with Gasteiger partial charge in [0.1, 0.15) is 17.4 Å². The molecule has 0 spiro atoms. The second-order valence-electron chi connectivity index (χ2n) is 3.74. The molecule has 0 saturated carbocycles. The van der Waals surface area contributed by atoms with Crippen molar-refractivity contribution in [1.82, 2.24) is 4.98 Å². The smallest absolute Gasteiger partial charge is 0.231 e. The van der Waals surface area contributed by atoms with Crippen molar-refractivity contribution in [3.05, 3.63) is 34.3 Å². The SMILES string of the molecule is NCc1csc(COc2ccc3c(c2)OCO3)n1. The van der Waals surface area contributed by atoms with Crippen LogP contribution in [0.2, 0.25) is 0 Å². The van der Waals surface area contributed by atoms with Crippen molar-refractivity contribution in [3.63, 3.8) is 0 Å². The van der Waals surface area contributed by atoms with Crippen molar-refractivity contribution in [2.75, 3.05) is 6.79 Å². The van der Waals surface area contributed by atoms with Gasteiger partial charge < -0.3 is 19.9 Å². The summed E-state index contributed by atoms with van der Waals surface area (Å²) in [7, 11) is 0. The lowest BCUT2D eigenvalue weighted by molar-refractivity contribution is 0.173. The highest BCUT2D eigenvalue weighted by molar-refractivity contribution is 7.09. The molecule has 0 radical (unpaired) electrons. The molecule has 1 aromatic heterocycles. The standard InChI is InChI=1S/C12H12N2O3S/c13-4-8-6-18-12(14-8)5-15-9-1-2-10-11(3-9)17-7-16-10/h1-3,6H,4-5,7,13H2. The number of hydrogen-bond donors (Lipinski definition) is 1. The van der Waals surface area contributed by atoms with Crippen LogP contribution in [0, 0.1) is 0 Å². The van der Waals surface area contributed by atoms with Gasteiger partial charge in [-0.15, -0.1) is 11.3 Å². The largest absolute Gasteiger partial charge is 0.486 e. The van der Waals surface area contributed by atoms with E-state index in [-0.39, 0.29) is 6.79 Å². The molecule has 0 amide bonds.